The highest BCUT2D eigenvalue weighted by Gasteiger charge is 2.42. The van der Waals surface area contributed by atoms with E-state index in [4.69, 9.17) is 12.2 Å². The largest absolute Gasteiger partial charge is 0.297 e. The first kappa shape index (κ1) is 14.2. The molecule has 2 aromatic rings. The molecule has 1 aromatic carbocycles. The second-order valence-corrected chi connectivity index (χ2v) is 7.55. The summed E-state index contributed by atoms with van der Waals surface area (Å²) in [5, 5.41) is 7.53. The average molecular weight is 313 g/mol. The van der Waals surface area contributed by atoms with E-state index in [2.05, 4.69) is 52.9 Å². The van der Waals surface area contributed by atoms with Crippen LogP contribution in [-0.2, 0) is 0 Å². The Morgan fingerprint density at radius 2 is 2.00 bits per heavy atom. The molecule has 4 unspecified atom stereocenters. The third-order valence-electron chi connectivity index (χ3n) is 5.83. The smallest absolute Gasteiger partial charge is 0.195 e. The topological polar surface area (TPSA) is 33.6 Å². The van der Waals surface area contributed by atoms with Gasteiger partial charge in [-0.3, -0.25) is 9.67 Å². The van der Waals surface area contributed by atoms with Crippen LogP contribution in [-0.4, -0.2) is 14.8 Å². The number of aryl methyl sites for hydroxylation is 1. The fraction of sp³-hybridized carbons (Fsp3) is 0.556. The van der Waals surface area contributed by atoms with Crippen LogP contribution in [0.1, 0.15) is 44.2 Å². The molecule has 22 heavy (non-hydrogen) atoms. The molecule has 1 N–H and O–H groups in total. The lowest BCUT2D eigenvalue weighted by Gasteiger charge is -2.29. The Morgan fingerprint density at radius 1 is 1.23 bits per heavy atom. The van der Waals surface area contributed by atoms with Crippen LogP contribution in [0.15, 0.2) is 24.3 Å². The van der Waals surface area contributed by atoms with Crippen molar-refractivity contribution in [2.45, 2.75) is 45.6 Å². The Bertz CT molecular complexity index is 728. The van der Waals surface area contributed by atoms with Crippen LogP contribution in [0.2, 0.25) is 0 Å². The van der Waals surface area contributed by atoms with E-state index in [1.54, 1.807) is 0 Å². The Hall–Kier alpha value is -1.42. The van der Waals surface area contributed by atoms with Crippen LogP contribution in [0.25, 0.3) is 11.4 Å². The van der Waals surface area contributed by atoms with Crippen molar-refractivity contribution >= 4 is 12.2 Å². The van der Waals surface area contributed by atoms with Crippen LogP contribution in [0.3, 0.4) is 0 Å². The van der Waals surface area contributed by atoms with Gasteiger partial charge in [0.15, 0.2) is 10.6 Å². The van der Waals surface area contributed by atoms with Crippen molar-refractivity contribution in [2.75, 3.05) is 0 Å². The van der Waals surface area contributed by atoms with Gasteiger partial charge in [0.1, 0.15) is 0 Å². The quantitative estimate of drug-likeness (QED) is 0.817. The standard InChI is InChI=1S/C18H23N3S/c1-11-3-6-14(7-4-11)17-19-20-18(22)21(17)12(2)16-10-13-5-8-15(16)9-13/h3-4,6-7,12-13,15-16H,5,8-10H2,1-2H3,(H,20,22). The molecule has 4 rings (SSSR count). The van der Waals surface area contributed by atoms with Crippen molar-refractivity contribution in [3.8, 4) is 11.4 Å². The maximum Gasteiger partial charge on any atom is 0.195 e. The minimum Gasteiger partial charge on any atom is -0.297 e. The van der Waals surface area contributed by atoms with E-state index in [0.717, 1.165) is 33.9 Å². The summed E-state index contributed by atoms with van der Waals surface area (Å²) in [5.74, 6) is 3.59. The maximum absolute atomic E-state index is 5.54. The Labute approximate surface area is 136 Å². The predicted octanol–water partition coefficient (Wildman–Crippen LogP) is 4.91. The molecular formula is C18H23N3S. The van der Waals surface area contributed by atoms with Gasteiger partial charge in [-0.1, -0.05) is 36.2 Å². The number of nitrogens with zero attached hydrogens (tertiary/aromatic N) is 2. The van der Waals surface area contributed by atoms with Gasteiger partial charge in [-0.25, -0.2) is 0 Å². The van der Waals surface area contributed by atoms with E-state index >= 15 is 0 Å². The van der Waals surface area contributed by atoms with Crippen LogP contribution in [0.4, 0.5) is 0 Å². The Kier molecular flexibility index (Phi) is 3.44. The van der Waals surface area contributed by atoms with Crippen molar-refractivity contribution in [2.24, 2.45) is 17.8 Å². The van der Waals surface area contributed by atoms with Crippen molar-refractivity contribution < 1.29 is 0 Å². The van der Waals surface area contributed by atoms with Gasteiger partial charge < -0.3 is 0 Å². The normalized spacial score (nSPS) is 28.2. The summed E-state index contributed by atoms with van der Waals surface area (Å²) in [6.07, 6.45) is 5.65. The summed E-state index contributed by atoms with van der Waals surface area (Å²) < 4.78 is 3.01. The van der Waals surface area contributed by atoms with Gasteiger partial charge in [-0.2, -0.15) is 5.10 Å². The molecule has 0 saturated heterocycles. The molecule has 0 aliphatic heterocycles. The van der Waals surface area contributed by atoms with Crippen LogP contribution >= 0.6 is 12.2 Å². The zero-order chi connectivity index (χ0) is 15.3. The number of nitrogens with one attached hydrogen (secondary N) is 1. The number of fused-ring (bicyclic) bond motifs is 2. The molecule has 3 nitrogen and oxygen atoms in total. The SMILES string of the molecule is Cc1ccc(-c2n[nH]c(=S)n2C(C)C2CC3CCC2C3)cc1. The molecule has 1 heterocycles. The summed E-state index contributed by atoms with van der Waals surface area (Å²) in [6.45, 7) is 4.44. The molecule has 4 heteroatoms. The highest BCUT2D eigenvalue weighted by atomic mass is 32.1. The van der Waals surface area contributed by atoms with Gasteiger partial charge in [0.05, 0.1) is 0 Å². The van der Waals surface area contributed by atoms with E-state index < -0.39 is 0 Å². The molecule has 4 atom stereocenters. The molecule has 2 aliphatic carbocycles. The van der Waals surface area contributed by atoms with Gasteiger partial charge >= 0.3 is 0 Å². The number of benzene rings is 1. The molecule has 0 amide bonds. The first-order valence-corrected chi connectivity index (χ1v) is 8.78. The van der Waals surface area contributed by atoms with Crippen molar-refractivity contribution in [1.29, 1.82) is 0 Å². The number of H-pyrrole nitrogens is 1. The first-order valence-electron chi connectivity index (χ1n) is 8.37. The predicted molar refractivity (Wildman–Crippen MR) is 91.2 cm³/mol. The molecule has 2 saturated carbocycles. The number of aromatic nitrogens is 3. The van der Waals surface area contributed by atoms with Crippen molar-refractivity contribution in [3.63, 3.8) is 0 Å². The monoisotopic (exact) mass is 313 g/mol. The summed E-state index contributed by atoms with van der Waals surface area (Å²) in [6, 6.07) is 8.99. The van der Waals surface area contributed by atoms with Crippen LogP contribution < -0.4 is 0 Å². The van der Waals surface area contributed by atoms with Crippen molar-refractivity contribution in [1.82, 2.24) is 14.8 Å². The maximum atomic E-state index is 5.54. The molecular weight excluding hydrogens is 290 g/mol. The molecule has 1 aromatic heterocycles. The third-order valence-corrected chi connectivity index (χ3v) is 6.12. The highest BCUT2D eigenvalue weighted by molar-refractivity contribution is 7.71. The summed E-state index contributed by atoms with van der Waals surface area (Å²) in [5.41, 5.74) is 2.42. The molecule has 0 radical (unpaired) electrons. The third kappa shape index (κ3) is 2.24. The van der Waals surface area contributed by atoms with E-state index in [1.807, 2.05) is 0 Å². The number of aromatic amines is 1. The lowest BCUT2D eigenvalue weighted by molar-refractivity contribution is 0.242. The minimum atomic E-state index is 0.429. The van der Waals surface area contributed by atoms with Gasteiger partial charge in [0.2, 0.25) is 0 Å². The zero-order valence-electron chi connectivity index (χ0n) is 13.2. The average Bonchev–Trinajstić information content (AvgIpc) is 3.22. The lowest BCUT2D eigenvalue weighted by atomic mass is 9.84. The zero-order valence-corrected chi connectivity index (χ0v) is 14.1. The Morgan fingerprint density at radius 3 is 2.64 bits per heavy atom. The molecule has 2 bridgehead atoms. The van der Waals surface area contributed by atoms with Gasteiger partial charge in [0.25, 0.3) is 0 Å². The number of rotatable bonds is 3. The minimum absolute atomic E-state index is 0.429. The van der Waals surface area contributed by atoms with E-state index in [0.29, 0.717) is 6.04 Å². The number of hydrogen-bond acceptors (Lipinski definition) is 2. The molecule has 2 fully saturated rings. The van der Waals surface area contributed by atoms with E-state index in [-0.39, 0.29) is 0 Å². The second kappa shape index (κ2) is 5.34. The van der Waals surface area contributed by atoms with Gasteiger partial charge in [-0.15, -0.1) is 0 Å². The fourth-order valence-electron chi connectivity index (χ4n) is 4.67. The number of hydrogen-bond donors (Lipinski definition) is 1. The van der Waals surface area contributed by atoms with Crippen LogP contribution in [0.5, 0.6) is 0 Å². The summed E-state index contributed by atoms with van der Waals surface area (Å²) >= 11 is 5.54. The fourth-order valence-corrected chi connectivity index (χ4v) is 4.96. The molecule has 2 aliphatic rings. The van der Waals surface area contributed by atoms with E-state index in [1.165, 1.54) is 31.2 Å². The molecule has 0 spiro atoms. The first-order chi connectivity index (χ1) is 10.6. The lowest BCUT2D eigenvalue weighted by Crippen LogP contribution is -2.22. The Balaban J connectivity index is 1.71. The van der Waals surface area contributed by atoms with Gasteiger partial charge in [-0.05, 0) is 63.1 Å². The van der Waals surface area contributed by atoms with E-state index in [9.17, 15) is 0 Å². The second-order valence-electron chi connectivity index (χ2n) is 7.17. The van der Waals surface area contributed by atoms with Crippen LogP contribution in [0, 0.1) is 29.4 Å². The summed E-state index contributed by atoms with van der Waals surface area (Å²) in [4.78, 5) is 0. The highest BCUT2D eigenvalue weighted by Crippen LogP contribution is 2.52. The van der Waals surface area contributed by atoms with Crippen molar-refractivity contribution in [3.05, 3.63) is 34.6 Å². The molecule has 116 valence electrons. The summed E-state index contributed by atoms with van der Waals surface area (Å²) in [7, 11) is 0. The van der Waals surface area contributed by atoms with Gasteiger partial charge in [0, 0.05) is 11.6 Å².